The number of nitrogens with zero attached hydrogens (tertiary/aromatic N) is 1. The van der Waals surface area contributed by atoms with E-state index in [4.69, 9.17) is 4.74 Å². The predicted molar refractivity (Wildman–Crippen MR) is 110 cm³/mol. The van der Waals surface area contributed by atoms with Gasteiger partial charge in [-0.3, -0.25) is 4.90 Å². The molecule has 2 aliphatic rings. The molecule has 0 saturated carbocycles. The third-order valence-corrected chi connectivity index (χ3v) is 6.19. The molecule has 3 aromatic carbocycles. The first-order chi connectivity index (χ1) is 13.3. The molecule has 136 valence electrons. The second kappa shape index (κ2) is 6.54. The number of fused-ring (bicyclic) bond motifs is 2. The van der Waals surface area contributed by atoms with Gasteiger partial charge in [-0.15, -0.1) is 0 Å². The van der Waals surface area contributed by atoms with Crippen LogP contribution in [0, 0.1) is 6.92 Å². The Morgan fingerprint density at radius 1 is 0.963 bits per heavy atom. The van der Waals surface area contributed by atoms with Gasteiger partial charge in [0, 0.05) is 24.7 Å². The molecular formula is C25H25NO. The molecule has 1 atom stereocenters. The number of hydrogen-bond acceptors (Lipinski definition) is 2. The standard InChI is InChI=1S/C25H25NO/c1-17-11-12-20-15-22-23-19(9-6-10-21(23)24(20)25(17)27-2)13-14-26(22)16-18-7-4-3-5-8-18/h3-12,22H,13-16H2,1-2H3. The van der Waals surface area contributed by atoms with Crippen LogP contribution in [-0.2, 0) is 19.4 Å². The van der Waals surface area contributed by atoms with Crippen molar-refractivity contribution in [2.45, 2.75) is 32.4 Å². The lowest BCUT2D eigenvalue weighted by atomic mass is 9.76. The van der Waals surface area contributed by atoms with Gasteiger partial charge < -0.3 is 4.74 Å². The summed E-state index contributed by atoms with van der Waals surface area (Å²) in [5.74, 6) is 1.04. The molecule has 0 bridgehead atoms. The normalized spacial score (nSPS) is 17.9. The zero-order valence-electron chi connectivity index (χ0n) is 16.0. The van der Waals surface area contributed by atoms with E-state index in [0.29, 0.717) is 6.04 Å². The lowest BCUT2D eigenvalue weighted by Crippen LogP contribution is -2.38. The molecule has 0 saturated heterocycles. The van der Waals surface area contributed by atoms with Crippen molar-refractivity contribution in [3.8, 4) is 16.9 Å². The molecule has 2 nitrogen and oxygen atoms in total. The average molecular weight is 355 g/mol. The largest absolute Gasteiger partial charge is 0.496 e. The molecule has 0 spiro atoms. The van der Waals surface area contributed by atoms with E-state index in [1.54, 1.807) is 7.11 Å². The number of aryl methyl sites for hydroxylation is 1. The van der Waals surface area contributed by atoms with E-state index in [1.165, 1.54) is 38.9 Å². The second-order valence-electron chi connectivity index (χ2n) is 7.75. The summed E-state index contributed by atoms with van der Waals surface area (Å²) in [4.78, 5) is 2.66. The molecule has 27 heavy (non-hydrogen) atoms. The van der Waals surface area contributed by atoms with E-state index in [-0.39, 0.29) is 0 Å². The summed E-state index contributed by atoms with van der Waals surface area (Å²) in [7, 11) is 1.80. The number of methoxy groups -OCH3 is 1. The molecule has 1 aliphatic carbocycles. The van der Waals surface area contributed by atoms with Gasteiger partial charge >= 0.3 is 0 Å². The predicted octanol–water partition coefficient (Wildman–Crippen LogP) is 5.33. The van der Waals surface area contributed by atoms with Crippen molar-refractivity contribution in [1.29, 1.82) is 0 Å². The minimum Gasteiger partial charge on any atom is -0.496 e. The number of hydrogen-bond donors (Lipinski definition) is 0. The topological polar surface area (TPSA) is 12.5 Å². The molecule has 1 aliphatic heterocycles. The Balaban J connectivity index is 1.63. The molecule has 0 radical (unpaired) electrons. The molecule has 0 aromatic heterocycles. The van der Waals surface area contributed by atoms with Crippen molar-refractivity contribution in [1.82, 2.24) is 4.90 Å². The Morgan fingerprint density at radius 3 is 2.63 bits per heavy atom. The van der Waals surface area contributed by atoms with E-state index < -0.39 is 0 Å². The number of benzene rings is 3. The molecule has 0 N–H and O–H groups in total. The van der Waals surface area contributed by atoms with Gasteiger partial charge in [-0.2, -0.15) is 0 Å². The highest BCUT2D eigenvalue weighted by molar-refractivity contribution is 5.81. The SMILES string of the molecule is COc1c(C)ccc2c1-c1cccc3c1C(C2)N(Cc1ccccc1)CC3. The van der Waals surface area contributed by atoms with Crippen LogP contribution in [0.3, 0.4) is 0 Å². The fourth-order valence-electron chi connectivity index (χ4n) is 4.95. The van der Waals surface area contributed by atoms with Crippen LogP contribution in [0.15, 0.2) is 60.7 Å². The molecule has 1 unspecified atom stereocenters. The fourth-order valence-corrected chi connectivity index (χ4v) is 4.95. The van der Waals surface area contributed by atoms with Gasteiger partial charge in [-0.1, -0.05) is 60.7 Å². The summed E-state index contributed by atoms with van der Waals surface area (Å²) in [5, 5.41) is 0. The van der Waals surface area contributed by atoms with Crippen molar-refractivity contribution >= 4 is 0 Å². The first-order valence-electron chi connectivity index (χ1n) is 9.83. The lowest BCUT2D eigenvalue weighted by molar-refractivity contribution is 0.173. The first kappa shape index (κ1) is 16.6. The van der Waals surface area contributed by atoms with Crippen LogP contribution >= 0.6 is 0 Å². The van der Waals surface area contributed by atoms with Gasteiger partial charge in [-0.25, -0.2) is 0 Å². The quantitative estimate of drug-likeness (QED) is 0.630. The van der Waals surface area contributed by atoms with Crippen LogP contribution < -0.4 is 4.74 Å². The van der Waals surface area contributed by atoms with E-state index in [2.05, 4.69) is 72.5 Å². The molecule has 2 heteroatoms. The summed E-state index contributed by atoms with van der Waals surface area (Å²) in [6.07, 6.45) is 2.18. The smallest absolute Gasteiger partial charge is 0.129 e. The number of rotatable bonds is 3. The average Bonchev–Trinajstić information content (AvgIpc) is 2.71. The summed E-state index contributed by atoms with van der Waals surface area (Å²) >= 11 is 0. The molecule has 5 rings (SSSR count). The van der Waals surface area contributed by atoms with Crippen molar-refractivity contribution < 1.29 is 4.74 Å². The minimum atomic E-state index is 0.449. The second-order valence-corrected chi connectivity index (χ2v) is 7.75. The summed E-state index contributed by atoms with van der Waals surface area (Å²) in [6.45, 7) is 4.27. The Morgan fingerprint density at radius 2 is 1.81 bits per heavy atom. The maximum Gasteiger partial charge on any atom is 0.129 e. The third-order valence-electron chi connectivity index (χ3n) is 6.19. The van der Waals surface area contributed by atoms with Crippen LogP contribution in [0.2, 0.25) is 0 Å². The van der Waals surface area contributed by atoms with Gasteiger partial charge in [0.05, 0.1) is 7.11 Å². The van der Waals surface area contributed by atoms with Gasteiger partial charge in [0.15, 0.2) is 0 Å². The zero-order chi connectivity index (χ0) is 18.4. The van der Waals surface area contributed by atoms with Gasteiger partial charge in [0.1, 0.15) is 5.75 Å². The zero-order valence-corrected chi connectivity index (χ0v) is 16.0. The Kier molecular flexibility index (Phi) is 4.02. The third kappa shape index (κ3) is 2.67. The fraction of sp³-hybridized carbons (Fsp3) is 0.280. The van der Waals surface area contributed by atoms with Crippen LogP contribution in [-0.4, -0.2) is 18.6 Å². The van der Waals surface area contributed by atoms with Crippen LogP contribution in [0.25, 0.3) is 11.1 Å². The summed E-state index contributed by atoms with van der Waals surface area (Å²) in [5.41, 5.74) is 9.73. The van der Waals surface area contributed by atoms with Crippen molar-refractivity contribution in [2.24, 2.45) is 0 Å². The van der Waals surface area contributed by atoms with Gasteiger partial charge in [0.25, 0.3) is 0 Å². The van der Waals surface area contributed by atoms with Crippen molar-refractivity contribution in [3.63, 3.8) is 0 Å². The number of ether oxygens (including phenoxy) is 1. The molecule has 1 heterocycles. The van der Waals surface area contributed by atoms with E-state index in [9.17, 15) is 0 Å². The van der Waals surface area contributed by atoms with Crippen LogP contribution in [0.1, 0.15) is 33.9 Å². The molecular weight excluding hydrogens is 330 g/mol. The monoisotopic (exact) mass is 355 g/mol. The molecule has 0 amide bonds. The van der Waals surface area contributed by atoms with Crippen LogP contribution in [0.4, 0.5) is 0 Å². The highest BCUT2D eigenvalue weighted by atomic mass is 16.5. The van der Waals surface area contributed by atoms with E-state index >= 15 is 0 Å². The summed E-state index contributed by atoms with van der Waals surface area (Å²) in [6, 6.07) is 22.6. The highest BCUT2D eigenvalue weighted by Gasteiger charge is 2.35. The lowest BCUT2D eigenvalue weighted by Gasteiger charge is -2.42. The maximum atomic E-state index is 5.84. The minimum absolute atomic E-state index is 0.449. The Bertz CT molecular complexity index is 993. The highest BCUT2D eigenvalue weighted by Crippen LogP contribution is 2.49. The molecule has 3 aromatic rings. The van der Waals surface area contributed by atoms with Gasteiger partial charge in [-0.05, 0) is 53.1 Å². The van der Waals surface area contributed by atoms with E-state index in [0.717, 1.165) is 31.7 Å². The Labute approximate surface area is 161 Å². The van der Waals surface area contributed by atoms with Crippen molar-refractivity contribution in [2.75, 3.05) is 13.7 Å². The van der Waals surface area contributed by atoms with Crippen LogP contribution in [0.5, 0.6) is 5.75 Å². The van der Waals surface area contributed by atoms with Gasteiger partial charge in [0.2, 0.25) is 0 Å². The molecule has 0 fully saturated rings. The first-order valence-corrected chi connectivity index (χ1v) is 9.83. The van der Waals surface area contributed by atoms with Crippen molar-refractivity contribution in [3.05, 3.63) is 88.5 Å². The Hall–Kier alpha value is -2.58. The maximum absolute atomic E-state index is 5.84. The summed E-state index contributed by atoms with van der Waals surface area (Å²) < 4.78 is 5.84. The van der Waals surface area contributed by atoms with E-state index in [1.807, 2.05) is 0 Å².